The first kappa shape index (κ1) is 15.8. The van der Waals surface area contributed by atoms with Crippen molar-refractivity contribution in [1.82, 2.24) is 0 Å². The summed E-state index contributed by atoms with van der Waals surface area (Å²) in [5, 5.41) is 0. The minimum Gasteiger partial charge on any atom is -0.460 e. The van der Waals surface area contributed by atoms with E-state index < -0.39 is 16.8 Å². The van der Waals surface area contributed by atoms with Crippen molar-refractivity contribution in [1.29, 1.82) is 0 Å². The van der Waals surface area contributed by atoms with Gasteiger partial charge in [-0.1, -0.05) is 24.3 Å². The molecule has 1 aliphatic carbocycles. The standard InChI is InChI=1S/C20H24O4/c1-18(2,3)23-17(22)12-9-13-11-19(4)15-8-6-5-7-14(15)16(21)20(13,10-12)24-19/h5-8,12-13H,9-11H2,1-4H3/t12-,13-,19+,20-/m1/s1. The molecule has 0 unspecified atom stereocenters. The lowest BCUT2D eigenvalue weighted by molar-refractivity contribution is -0.161. The Morgan fingerprint density at radius 1 is 1.25 bits per heavy atom. The molecular weight excluding hydrogens is 304 g/mol. The largest absolute Gasteiger partial charge is 0.460 e. The lowest BCUT2D eigenvalue weighted by atomic mass is 9.83. The van der Waals surface area contributed by atoms with Gasteiger partial charge in [-0.15, -0.1) is 0 Å². The molecule has 128 valence electrons. The van der Waals surface area contributed by atoms with Crippen molar-refractivity contribution in [3.05, 3.63) is 35.4 Å². The van der Waals surface area contributed by atoms with E-state index in [1.165, 1.54) is 0 Å². The van der Waals surface area contributed by atoms with Crippen molar-refractivity contribution >= 4 is 11.8 Å². The number of Topliss-reactive ketones (excluding diaryl/α,β-unsaturated/α-hetero) is 1. The van der Waals surface area contributed by atoms with Crippen LogP contribution in [0.15, 0.2) is 24.3 Å². The van der Waals surface area contributed by atoms with Crippen LogP contribution in [0.25, 0.3) is 0 Å². The van der Waals surface area contributed by atoms with Crippen LogP contribution in [0.4, 0.5) is 0 Å². The topological polar surface area (TPSA) is 52.6 Å². The second-order valence-corrected chi connectivity index (χ2v) is 8.67. The van der Waals surface area contributed by atoms with Gasteiger partial charge in [0.05, 0.1) is 11.5 Å². The highest BCUT2D eigenvalue weighted by Crippen LogP contribution is 2.61. The normalized spacial score (nSPS) is 37.1. The number of hydrogen-bond donors (Lipinski definition) is 0. The molecule has 1 aromatic carbocycles. The predicted octanol–water partition coefficient (Wildman–Crippen LogP) is 3.63. The number of fused-ring (bicyclic) bond motifs is 3. The van der Waals surface area contributed by atoms with Gasteiger partial charge in [0.25, 0.3) is 0 Å². The highest BCUT2D eigenvalue weighted by molar-refractivity contribution is 6.06. The summed E-state index contributed by atoms with van der Waals surface area (Å²) in [4.78, 5) is 25.7. The van der Waals surface area contributed by atoms with Crippen LogP contribution in [0.3, 0.4) is 0 Å². The van der Waals surface area contributed by atoms with E-state index >= 15 is 0 Å². The van der Waals surface area contributed by atoms with E-state index in [0.717, 1.165) is 17.5 Å². The summed E-state index contributed by atoms with van der Waals surface area (Å²) in [6, 6.07) is 7.74. The first-order chi connectivity index (χ1) is 11.1. The zero-order chi connectivity index (χ0) is 17.3. The van der Waals surface area contributed by atoms with Gasteiger partial charge in [-0.05, 0) is 58.4 Å². The second kappa shape index (κ2) is 4.69. The Morgan fingerprint density at radius 2 is 1.96 bits per heavy atom. The van der Waals surface area contributed by atoms with Crippen molar-refractivity contribution in [2.45, 2.75) is 63.8 Å². The molecule has 2 fully saturated rings. The minimum absolute atomic E-state index is 0.0455. The third kappa shape index (κ3) is 2.08. The summed E-state index contributed by atoms with van der Waals surface area (Å²) >= 11 is 0. The summed E-state index contributed by atoms with van der Waals surface area (Å²) in [7, 11) is 0. The second-order valence-electron chi connectivity index (χ2n) is 8.67. The van der Waals surface area contributed by atoms with Crippen LogP contribution in [-0.2, 0) is 19.9 Å². The third-order valence-electron chi connectivity index (χ3n) is 5.69. The maximum Gasteiger partial charge on any atom is 0.309 e. The molecule has 3 aliphatic rings. The minimum atomic E-state index is -0.843. The van der Waals surface area contributed by atoms with Gasteiger partial charge in [0, 0.05) is 5.56 Å². The van der Waals surface area contributed by atoms with E-state index in [1.54, 1.807) is 0 Å². The Labute approximate surface area is 142 Å². The Balaban J connectivity index is 1.67. The highest BCUT2D eigenvalue weighted by Gasteiger charge is 2.67. The number of ether oxygens (including phenoxy) is 2. The zero-order valence-corrected chi connectivity index (χ0v) is 14.7. The average Bonchev–Trinajstić information content (AvgIpc) is 2.94. The fraction of sp³-hybridized carbons (Fsp3) is 0.600. The molecule has 0 aromatic heterocycles. The monoisotopic (exact) mass is 328 g/mol. The molecule has 1 saturated carbocycles. The number of hydrogen-bond acceptors (Lipinski definition) is 4. The molecule has 2 heterocycles. The van der Waals surface area contributed by atoms with Crippen LogP contribution in [0.2, 0.25) is 0 Å². The smallest absolute Gasteiger partial charge is 0.309 e. The number of carbonyl (C=O) groups excluding carboxylic acids is 2. The molecule has 0 amide bonds. The van der Waals surface area contributed by atoms with Crippen molar-refractivity contribution in [2.24, 2.45) is 11.8 Å². The maximum atomic E-state index is 13.2. The van der Waals surface area contributed by atoms with Crippen LogP contribution in [0, 0.1) is 11.8 Å². The molecule has 1 saturated heterocycles. The molecule has 4 rings (SSSR count). The van der Waals surface area contributed by atoms with Gasteiger partial charge in [0.1, 0.15) is 11.2 Å². The van der Waals surface area contributed by atoms with Crippen molar-refractivity contribution in [3.8, 4) is 0 Å². The Hall–Kier alpha value is -1.68. The summed E-state index contributed by atoms with van der Waals surface area (Å²) in [6.45, 7) is 7.68. The Kier molecular flexibility index (Phi) is 3.09. The molecule has 24 heavy (non-hydrogen) atoms. The predicted molar refractivity (Wildman–Crippen MR) is 88.6 cm³/mol. The van der Waals surface area contributed by atoms with E-state index in [9.17, 15) is 9.59 Å². The van der Waals surface area contributed by atoms with Gasteiger partial charge in [-0.3, -0.25) is 9.59 Å². The summed E-state index contributed by atoms with van der Waals surface area (Å²) < 4.78 is 11.9. The SMILES string of the molecule is CC(C)(C)OC(=O)[C@@H]1C[C@@H]2C[C@]3(C)O[C@@]2(C1)C(=O)c1ccccc13. The highest BCUT2D eigenvalue weighted by atomic mass is 16.6. The van der Waals surface area contributed by atoms with E-state index in [4.69, 9.17) is 9.47 Å². The molecule has 4 heteroatoms. The number of ketones is 1. The van der Waals surface area contributed by atoms with Crippen LogP contribution in [0.1, 0.15) is 62.9 Å². The van der Waals surface area contributed by atoms with Gasteiger partial charge in [0.2, 0.25) is 0 Å². The molecule has 2 aliphatic heterocycles. The van der Waals surface area contributed by atoms with E-state index in [0.29, 0.717) is 12.8 Å². The van der Waals surface area contributed by atoms with Gasteiger partial charge >= 0.3 is 5.97 Å². The maximum absolute atomic E-state index is 13.2. The van der Waals surface area contributed by atoms with Gasteiger partial charge in [-0.2, -0.15) is 0 Å². The third-order valence-corrected chi connectivity index (χ3v) is 5.69. The molecule has 2 bridgehead atoms. The number of rotatable bonds is 1. The fourth-order valence-corrected chi connectivity index (χ4v) is 4.86. The number of carbonyl (C=O) groups is 2. The molecule has 4 atom stereocenters. The van der Waals surface area contributed by atoms with Crippen LogP contribution < -0.4 is 0 Å². The first-order valence-corrected chi connectivity index (χ1v) is 8.72. The molecule has 1 spiro atoms. The van der Waals surface area contributed by atoms with Crippen molar-refractivity contribution in [2.75, 3.05) is 0 Å². The molecule has 0 radical (unpaired) electrons. The van der Waals surface area contributed by atoms with Gasteiger partial charge in [-0.25, -0.2) is 0 Å². The molecule has 1 aromatic rings. The number of esters is 1. The van der Waals surface area contributed by atoms with Crippen LogP contribution >= 0.6 is 0 Å². The molecule has 4 nitrogen and oxygen atoms in total. The lowest BCUT2D eigenvalue weighted by Gasteiger charge is -2.38. The van der Waals surface area contributed by atoms with E-state index in [1.807, 2.05) is 45.0 Å². The van der Waals surface area contributed by atoms with Gasteiger partial charge < -0.3 is 9.47 Å². The molecular formula is C20H24O4. The van der Waals surface area contributed by atoms with Crippen molar-refractivity contribution in [3.63, 3.8) is 0 Å². The molecule has 0 N–H and O–H groups in total. The summed E-state index contributed by atoms with van der Waals surface area (Å²) in [5.41, 5.74) is -0.0218. The van der Waals surface area contributed by atoms with E-state index in [2.05, 4.69) is 6.92 Å². The summed E-state index contributed by atoms with van der Waals surface area (Å²) in [5.74, 6) is -0.333. The number of benzene rings is 1. The quantitative estimate of drug-likeness (QED) is 0.739. The average molecular weight is 328 g/mol. The van der Waals surface area contributed by atoms with Crippen molar-refractivity contribution < 1.29 is 19.1 Å². The lowest BCUT2D eigenvalue weighted by Crippen LogP contribution is -2.47. The van der Waals surface area contributed by atoms with Crippen LogP contribution in [-0.4, -0.2) is 23.0 Å². The first-order valence-electron chi connectivity index (χ1n) is 8.72. The summed E-state index contributed by atoms with van der Waals surface area (Å²) in [6.07, 6.45) is 1.90. The fourth-order valence-electron chi connectivity index (χ4n) is 4.86. The zero-order valence-electron chi connectivity index (χ0n) is 14.7. The Morgan fingerprint density at radius 3 is 2.67 bits per heavy atom. The van der Waals surface area contributed by atoms with Gasteiger partial charge in [0.15, 0.2) is 5.78 Å². The van der Waals surface area contributed by atoms with Crippen LogP contribution in [0.5, 0.6) is 0 Å². The van der Waals surface area contributed by atoms with E-state index in [-0.39, 0.29) is 23.6 Å². The Bertz CT molecular complexity index is 731.